The maximum Gasteiger partial charge on any atom is 0.260 e. The van der Waals surface area contributed by atoms with E-state index in [1.165, 1.54) is 5.56 Å². The standard InChI is InChI=1S/C22H26ClN3OS.ClH/c1-5-25(6-2)11-12-26(21(27)17-7-9-18(23)10-8-17)22-24-20-16(4)13-15(3)14-19(20)28-22;/h7-10,13-14H,5-6,11-12H2,1-4H3;1H. The summed E-state index contributed by atoms with van der Waals surface area (Å²) in [6, 6.07) is 11.3. The fourth-order valence-corrected chi connectivity index (χ4v) is 4.58. The summed E-state index contributed by atoms with van der Waals surface area (Å²) in [7, 11) is 0. The molecule has 3 rings (SSSR count). The Bertz CT molecular complexity index is 968. The highest BCUT2D eigenvalue weighted by Crippen LogP contribution is 2.32. The number of hydrogen-bond donors (Lipinski definition) is 0. The maximum absolute atomic E-state index is 13.3. The quantitative estimate of drug-likeness (QED) is 0.443. The highest BCUT2D eigenvalue weighted by Gasteiger charge is 2.22. The van der Waals surface area contributed by atoms with Crippen LogP contribution in [0, 0.1) is 13.8 Å². The molecule has 0 aliphatic heterocycles. The molecule has 1 amide bonds. The van der Waals surface area contributed by atoms with Crippen LogP contribution in [0.25, 0.3) is 10.2 Å². The molecule has 1 aromatic heterocycles. The highest BCUT2D eigenvalue weighted by atomic mass is 35.5. The first-order chi connectivity index (χ1) is 13.4. The van der Waals surface area contributed by atoms with Crippen molar-refractivity contribution >= 4 is 56.6 Å². The summed E-state index contributed by atoms with van der Waals surface area (Å²) in [6.45, 7) is 11.7. The second-order valence-electron chi connectivity index (χ2n) is 6.92. The Balaban J connectivity index is 0.00000300. The first-order valence-corrected chi connectivity index (χ1v) is 10.8. The Hall–Kier alpha value is -1.66. The van der Waals surface area contributed by atoms with Gasteiger partial charge in [-0.1, -0.05) is 42.9 Å². The zero-order valence-electron chi connectivity index (χ0n) is 17.2. The molecule has 0 saturated heterocycles. The van der Waals surface area contributed by atoms with Crippen LogP contribution in [0.1, 0.15) is 35.3 Å². The number of aryl methyl sites for hydroxylation is 2. The van der Waals surface area contributed by atoms with Gasteiger partial charge in [-0.05, 0) is 68.4 Å². The van der Waals surface area contributed by atoms with Crippen LogP contribution in [0.15, 0.2) is 36.4 Å². The minimum atomic E-state index is -0.0442. The first-order valence-electron chi connectivity index (χ1n) is 9.60. The highest BCUT2D eigenvalue weighted by molar-refractivity contribution is 7.22. The summed E-state index contributed by atoms with van der Waals surface area (Å²) in [4.78, 5) is 22.2. The number of hydrogen-bond acceptors (Lipinski definition) is 4. The number of halogens is 2. The molecule has 0 unspecified atom stereocenters. The number of rotatable bonds is 7. The topological polar surface area (TPSA) is 36.4 Å². The minimum Gasteiger partial charge on any atom is -0.302 e. The van der Waals surface area contributed by atoms with E-state index in [0.29, 0.717) is 17.1 Å². The second-order valence-corrected chi connectivity index (χ2v) is 8.36. The molecule has 0 atom stereocenters. The Labute approximate surface area is 187 Å². The van der Waals surface area contributed by atoms with Crippen LogP contribution in [0.4, 0.5) is 5.13 Å². The molecule has 1 heterocycles. The van der Waals surface area contributed by atoms with Gasteiger partial charge in [-0.15, -0.1) is 12.4 Å². The average molecular weight is 452 g/mol. The van der Waals surface area contributed by atoms with Gasteiger partial charge >= 0.3 is 0 Å². The SMILES string of the molecule is CCN(CC)CCN(C(=O)c1ccc(Cl)cc1)c1nc2c(C)cc(C)cc2s1.Cl. The molecule has 0 aliphatic rings. The van der Waals surface area contributed by atoms with Crippen molar-refractivity contribution < 1.29 is 4.79 Å². The third kappa shape index (κ3) is 5.48. The normalized spacial score (nSPS) is 11.0. The summed E-state index contributed by atoms with van der Waals surface area (Å²) in [5.74, 6) is -0.0442. The van der Waals surface area contributed by atoms with Crippen molar-refractivity contribution in [2.24, 2.45) is 0 Å². The molecule has 4 nitrogen and oxygen atoms in total. The molecule has 0 aliphatic carbocycles. The Morgan fingerprint density at radius 3 is 2.34 bits per heavy atom. The second kappa shape index (κ2) is 10.4. The lowest BCUT2D eigenvalue weighted by Gasteiger charge is -2.24. The van der Waals surface area contributed by atoms with Gasteiger partial charge in [0.1, 0.15) is 0 Å². The molecule has 0 fully saturated rings. The first kappa shape index (κ1) is 23.6. The van der Waals surface area contributed by atoms with Gasteiger partial charge in [0.05, 0.1) is 10.2 Å². The molecule has 29 heavy (non-hydrogen) atoms. The van der Waals surface area contributed by atoms with Crippen molar-refractivity contribution in [1.29, 1.82) is 0 Å². The third-order valence-electron chi connectivity index (χ3n) is 4.92. The minimum absolute atomic E-state index is 0. The molecule has 0 N–H and O–H groups in total. The van der Waals surface area contributed by atoms with Crippen LogP contribution in [-0.2, 0) is 0 Å². The van der Waals surface area contributed by atoms with Crippen LogP contribution in [0.3, 0.4) is 0 Å². The summed E-state index contributed by atoms with van der Waals surface area (Å²) in [5, 5.41) is 1.37. The van der Waals surface area contributed by atoms with Crippen LogP contribution in [0.2, 0.25) is 5.02 Å². The maximum atomic E-state index is 13.3. The molecule has 0 bridgehead atoms. The van der Waals surface area contributed by atoms with Gasteiger partial charge in [0.25, 0.3) is 5.91 Å². The van der Waals surface area contributed by atoms with Gasteiger partial charge in [0.2, 0.25) is 0 Å². The van der Waals surface area contributed by atoms with E-state index in [4.69, 9.17) is 16.6 Å². The number of anilines is 1. The van der Waals surface area contributed by atoms with Gasteiger partial charge in [0, 0.05) is 23.7 Å². The van der Waals surface area contributed by atoms with Crippen molar-refractivity contribution in [3.8, 4) is 0 Å². The molecule has 0 spiro atoms. The Kier molecular flexibility index (Phi) is 8.46. The fraction of sp³-hybridized carbons (Fsp3) is 0.364. The monoisotopic (exact) mass is 451 g/mol. The number of benzene rings is 2. The van der Waals surface area contributed by atoms with E-state index >= 15 is 0 Å². The number of amides is 1. The Morgan fingerprint density at radius 2 is 1.72 bits per heavy atom. The zero-order valence-corrected chi connectivity index (χ0v) is 19.6. The van der Waals surface area contributed by atoms with Crippen LogP contribution >= 0.6 is 35.3 Å². The number of fused-ring (bicyclic) bond motifs is 1. The summed E-state index contributed by atoms with van der Waals surface area (Å²) in [5.41, 5.74) is 3.94. The number of likely N-dealkylation sites (N-methyl/N-ethyl adjacent to an activating group) is 1. The molecule has 0 radical (unpaired) electrons. The van der Waals surface area contributed by atoms with Crippen molar-refractivity contribution in [2.75, 3.05) is 31.1 Å². The van der Waals surface area contributed by atoms with Gasteiger partial charge in [0.15, 0.2) is 5.13 Å². The number of thiazole rings is 1. The largest absolute Gasteiger partial charge is 0.302 e. The number of carbonyl (C=O) groups excluding carboxylic acids is 1. The fourth-order valence-electron chi connectivity index (χ4n) is 3.29. The Morgan fingerprint density at radius 1 is 1.07 bits per heavy atom. The average Bonchev–Trinajstić information content (AvgIpc) is 3.09. The lowest BCUT2D eigenvalue weighted by Crippen LogP contribution is -2.38. The van der Waals surface area contributed by atoms with E-state index < -0.39 is 0 Å². The van der Waals surface area contributed by atoms with E-state index in [1.807, 2.05) is 0 Å². The molecule has 156 valence electrons. The van der Waals surface area contributed by atoms with E-state index in [1.54, 1.807) is 40.5 Å². The van der Waals surface area contributed by atoms with Crippen molar-refractivity contribution in [2.45, 2.75) is 27.7 Å². The summed E-state index contributed by atoms with van der Waals surface area (Å²) < 4.78 is 1.12. The molecule has 0 saturated carbocycles. The summed E-state index contributed by atoms with van der Waals surface area (Å²) >= 11 is 7.57. The van der Waals surface area contributed by atoms with Crippen molar-refractivity contribution in [3.05, 3.63) is 58.1 Å². The van der Waals surface area contributed by atoms with E-state index in [0.717, 1.165) is 40.5 Å². The number of carbonyl (C=O) groups is 1. The molecule has 2 aromatic carbocycles. The van der Waals surface area contributed by atoms with E-state index in [-0.39, 0.29) is 18.3 Å². The lowest BCUT2D eigenvalue weighted by atomic mass is 10.1. The van der Waals surface area contributed by atoms with Gasteiger partial charge in [-0.2, -0.15) is 0 Å². The van der Waals surface area contributed by atoms with Gasteiger partial charge in [-0.25, -0.2) is 4.98 Å². The number of nitrogens with zero attached hydrogens (tertiary/aromatic N) is 3. The molecule has 3 aromatic rings. The van der Waals surface area contributed by atoms with Crippen LogP contribution in [0.5, 0.6) is 0 Å². The third-order valence-corrected chi connectivity index (χ3v) is 6.20. The van der Waals surface area contributed by atoms with Crippen molar-refractivity contribution in [3.63, 3.8) is 0 Å². The van der Waals surface area contributed by atoms with E-state index in [9.17, 15) is 4.79 Å². The molecule has 7 heteroatoms. The smallest absolute Gasteiger partial charge is 0.260 e. The van der Waals surface area contributed by atoms with Gasteiger partial charge in [-0.3, -0.25) is 9.69 Å². The molecular weight excluding hydrogens is 425 g/mol. The van der Waals surface area contributed by atoms with E-state index in [2.05, 4.69) is 44.7 Å². The van der Waals surface area contributed by atoms with Crippen molar-refractivity contribution in [1.82, 2.24) is 9.88 Å². The lowest BCUT2D eigenvalue weighted by molar-refractivity contribution is 0.0984. The zero-order chi connectivity index (χ0) is 20.3. The number of aromatic nitrogens is 1. The van der Waals surface area contributed by atoms with Crippen LogP contribution < -0.4 is 4.90 Å². The van der Waals surface area contributed by atoms with Crippen LogP contribution in [-0.4, -0.2) is 42.0 Å². The predicted octanol–water partition coefficient (Wildman–Crippen LogP) is 5.98. The molecular formula is C22H27Cl2N3OS. The predicted molar refractivity (Wildman–Crippen MR) is 127 cm³/mol. The van der Waals surface area contributed by atoms with Gasteiger partial charge < -0.3 is 4.90 Å². The summed E-state index contributed by atoms with van der Waals surface area (Å²) in [6.07, 6.45) is 0.